The van der Waals surface area contributed by atoms with Crippen LogP contribution in [-0.2, 0) is 17.9 Å². The van der Waals surface area contributed by atoms with E-state index < -0.39 is 18.1 Å². The van der Waals surface area contributed by atoms with Gasteiger partial charge in [-0.15, -0.1) is 0 Å². The van der Waals surface area contributed by atoms with Gasteiger partial charge in [0, 0.05) is 11.8 Å². The maximum atomic E-state index is 13.6. The third-order valence-electron chi connectivity index (χ3n) is 6.63. The Morgan fingerprint density at radius 3 is 2.19 bits per heavy atom. The number of alkyl halides is 3. The molecule has 0 heterocycles. The Labute approximate surface area is 213 Å². The predicted octanol–water partition coefficient (Wildman–Crippen LogP) is 7.11. The molecule has 3 aromatic rings. The molecule has 37 heavy (non-hydrogen) atoms. The second-order valence-electron chi connectivity index (χ2n) is 9.23. The summed E-state index contributed by atoms with van der Waals surface area (Å²) in [5.74, 6) is -3.01. The molecule has 0 atom stereocenters. The van der Waals surface area contributed by atoms with E-state index in [0.717, 1.165) is 30.0 Å². The fourth-order valence-electron chi connectivity index (χ4n) is 4.66. The van der Waals surface area contributed by atoms with Gasteiger partial charge in [0.15, 0.2) is 0 Å². The summed E-state index contributed by atoms with van der Waals surface area (Å²) in [6, 6.07) is 19.8. The zero-order valence-corrected chi connectivity index (χ0v) is 20.2. The zero-order valence-electron chi connectivity index (χ0n) is 20.2. The van der Waals surface area contributed by atoms with Gasteiger partial charge in [-0.25, -0.2) is 4.79 Å². The number of amides is 1. The normalized spacial score (nSPS) is 14.2. The number of benzene rings is 3. The lowest BCUT2D eigenvalue weighted by Crippen LogP contribution is -2.40. The van der Waals surface area contributed by atoms with Crippen molar-refractivity contribution in [3.63, 3.8) is 0 Å². The molecule has 0 saturated heterocycles. The third-order valence-corrected chi connectivity index (χ3v) is 6.63. The summed E-state index contributed by atoms with van der Waals surface area (Å²) in [7, 11) is 0. The molecule has 0 bridgehead atoms. The molecule has 1 amide bonds. The van der Waals surface area contributed by atoms with E-state index in [2.05, 4.69) is 0 Å². The van der Waals surface area contributed by atoms with Crippen LogP contribution in [0.1, 0.15) is 65.1 Å². The first kappa shape index (κ1) is 26.3. The number of anilines is 1. The number of hydrogen-bond donors (Lipinski definition) is 1. The second-order valence-corrected chi connectivity index (χ2v) is 9.23. The molecule has 0 aromatic heterocycles. The molecule has 1 aliphatic carbocycles. The van der Waals surface area contributed by atoms with Gasteiger partial charge in [0.05, 0.1) is 6.54 Å². The standard InChI is InChI=1S/C29H28F3NO4/c30-29(31,32)28(36)33(18-20-11-13-23(14-12-20)22-9-5-2-6-10-22)24-15-16-25(27(34)35)26(17-24)37-19-21-7-3-1-4-8-21/h1,3-4,7-8,11-17,22H,2,5-6,9-10,18-19H2,(H,34,35). The quantitative estimate of drug-likeness (QED) is 0.350. The molecule has 0 radical (unpaired) electrons. The van der Waals surface area contributed by atoms with E-state index in [4.69, 9.17) is 4.74 Å². The largest absolute Gasteiger partial charge is 0.488 e. The summed E-state index contributed by atoms with van der Waals surface area (Å²) in [5, 5.41) is 9.56. The Balaban J connectivity index is 1.62. The summed E-state index contributed by atoms with van der Waals surface area (Å²) in [5.41, 5.74) is 2.12. The molecule has 194 valence electrons. The zero-order chi connectivity index (χ0) is 26.4. The molecule has 0 aliphatic heterocycles. The molecule has 8 heteroatoms. The minimum atomic E-state index is -5.11. The molecular weight excluding hydrogens is 483 g/mol. The van der Waals surface area contributed by atoms with Gasteiger partial charge in [-0.3, -0.25) is 4.79 Å². The number of carbonyl (C=O) groups excluding carboxylic acids is 1. The van der Waals surface area contributed by atoms with Gasteiger partial charge >= 0.3 is 18.1 Å². The van der Waals surface area contributed by atoms with Crippen LogP contribution in [0.2, 0.25) is 0 Å². The maximum Gasteiger partial charge on any atom is 0.471 e. The summed E-state index contributed by atoms with van der Waals surface area (Å²) >= 11 is 0. The van der Waals surface area contributed by atoms with Gasteiger partial charge in [-0.05, 0) is 47.6 Å². The van der Waals surface area contributed by atoms with E-state index in [1.165, 1.54) is 31.4 Å². The number of rotatable bonds is 8. The van der Waals surface area contributed by atoms with E-state index in [1.807, 2.05) is 18.2 Å². The highest BCUT2D eigenvalue weighted by atomic mass is 19.4. The van der Waals surface area contributed by atoms with Crippen LogP contribution in [0.25, 0.3) is 0 Å². The summed E-state index contributed by atoms with van der Waals surface area (Å²) in [6.07, 6.45) is 0.640. The van der Waals surface area contributed by atoms with Crippen LogP contribution in [0.15, 0.2) is 72.8 Å². The monoisotopic (exact) mass is 511 g/mol. The molecule has 0 spiro atoms. The fourth-order valence-corrected chi connectivity index (χ4v) is 4.66. The Kier molecular flexibility index (Phi) is 8.16. The molecule has 0 unspecified atom stereocenters. The van der Waals surface area contributed by atoms with Crippen molar-refractivity contribution in [1.82, 2.24) is 0 Å². The number of carboxylic acid groups (broad SMARTS) is 1. The van der Waals surface area contributed by atoms with Gasteiger partial charge in [0.1, 0.15) is 17.9 Å². The van der Waals surface area contributed by atoms with Crippen LogP contribution in [-0.4, -0.2) is 23.2 Å². The average molecular weight is 512 g/mol. The number of halogens is 3. The molecule has 5 nitrogen and oxygen atoms in total. The first-order valence-corrected chi connectivity index (χ1v) is 12.2. The van der Waals surface area contributed by atoms with E-state index in [9.17, 15) is 27.9 Å². The van der Waals surface area contributed by atoms with E-state index in [0.29, 0.717) is 16.4 Å². The van der Waals surface area contributed by atoms with E-state index in [1.54, 1.807) is 36.4 Å². The SMILES string of the molecule is O=C(O)c1ccc(N(Cc2ccc(C3CCCCC3)cc2)C(=O)C(F)(F)F)cc1OCc1ccccc1. The van der Waals surface area contributed by atoms with E-state index >= 15 is 0 Å². The Morgan fingerprint density at radius 1 is 0.892 bits per heavy atom. The lowest BCUT2D eigenvalue weighted by molar-refractivity contribution is -0.170. The van der Waals surface area contributed by atoms with Crippen LogP contribution in [0.5, 0.6) is 5.75 Å². The number of aromatic carboxylic acids is 1. The minimum Gasteiger partial charge on any atom is -0.488 e. The highest BCUT2D eigenvalue weighted by molar-refractivity contribution is 5.98. The Bertz CT molecular complexity index is 1220. The predicted molar refractivity (Wildman–Crippen MR) is 134 cm³/mol. The first-order chi connectivity index (χ1) is 17.7. The molecule has 1 aliphatic rings. The van der Waals surface area contributed by atoms with Crippen LogP contribution < -0.4 is 9.64 Å². The molecule has 1 fully saturated rings. The highest BCUT2D eigenvalue weighted by Gasteiger charge is 2.43. The second kappa shape index (κ2) is 11.5. The van der Waals surface area contributed by atoms with Crippen molar-refractivity contribution in [2.45, 2.75) is 57.3 Å². The van der Waals surface area contributed by atoms with Crippen LogP contribution in [0, 0.1) is 0 Å². The number of carboxylic acids is 1. The molecule has 1 saturated carbocycles. The van der Waals surface area contributed by atoms with Crippen molar-refractivity contribution >= 4 is 17.6 Å². The van der Waals surface area contributed by atoms with Crippen molar-refractivity contribution in [3.8, 4) is 5.75 Å². The lowest BCUT2D eigenvalue weighted by Gasteiger charge is -2.26. The number of nitrogens with zero attached hydrogens (tertiary/aromatic N) is 1. The summed E-state index contributed by atoms with van der Waals surface area (Å²) < 4.78 is 46.3. The number of ether oxygens (including phenoxy) is 1. The fraction of sp³-hybridized carbons (Fsp3) is 0.310. The average Bonchev–Trinajstić information content (AvgIpc) is 2.91. The van der Waals surface area contributed by atoms with Crippen molar-refractivity contribution in [1.29, 1.82) is 0 Å². The van der Waals surface area contributed by atoms with Crippen LogP contribution >= 0.6 is 0 Å². The Morgan fingerprint density at radius 2 is 1.57 bits per heavy atom. The van der Waals surface area contributed by atoms with Gasteiger partial charge in [0.25, 0.3) is 0 Å². The topological polar surface area (TPSA) is 66.8 Å². The lowest BCUT2D eigenvalue weighted by atomic mass is 9.84. The van der Waals surface area contributed by atoms with E-state index in [-0.39, 0.29) is 30.2 Å². The van der Waals surface area contributed by atoms with Crippen molar-refractivity contribution < 1.29 is 32.6 Å². The molecule has 4 rings (SSSR count). The highest BCUT2D eigenvalue weighted by Crippen LogP contribution is 2.34. The molecule has 3 aromatic carbocycles. The van der Waals surface area contributed by atoms with Crippen molar-refractivity contribution in [2.75, 3.05) is 4.90 Å². The number of hydrogen-bond acceptors (Lipinski definition) is 3. The van der Waals surface area contributed by atoms with Gasteiger partial charge in [0.2, 0.25) is 0 Å². The minimum absolute atomic E-state index is 0.0143. The van der Waals surface area contributed by atoms with Gasteiger partial charge < -0.3 is 14.7 Å². The smallest absolute Gasteiger partial charge is 0.471 e. The molecule has 1 N–H and O–H groups in total. The van der Waals surface area contributed by atoms with Gasteiger partial charge in [-0.1, -0.05) is 73.9 Å². The number of carbonyl (C=O) groups is 2. The van der Waals surface area contributed by atoms with Crippen LogP contribution in [0.4, 0.5) is 18.9 Å². The first-order valence-electron chi connectivity index (χ1n) is 12.2. The van der Waals surface area contributed by atoms with Crippen molar-refractivity contribution in [2.24, 2.45) is 0 Å². The van der Waals surface area contributed by atoms with Crippen LogP contribution in [0.3, 0.4) is 0 Å². The third kappa shape index (κ3) is 6.70. The summed E-state index contributed by atoms with van der Waals surface area (Å²) in [4.78, 5) is 24.8. The summed E-state index contributed by atoms with van der Waals surface area (Å²) in [6.45, 7) is -0.311. The maximum absolute atomic E-state index is 13.6. The molecular formula is C29H28F3NO4. The van der Waals surface area contributed by atoms with Gasteiger partial charge in [-0.2, -0.15) is 13.2 Å². The van der Waals surface area contributed by atoms with Crippen molar-refractivity contribution in [3.05, 3.63) is 95.1 Å². The Hall–Kier alpha value is -3.81.